The first-order valence-electron chi connectivity index (χ1n) is 9.42. The Morgan fingerprint density at radius 2 is 1.92 bits per heavy atom. The minimum atomic E-state index is -3.51. The minimum absolute atomic E-state index is 0.0277. The first-order chi connectivity index (χ1) is 12.0. The van der Waals surface area contributed by atoms with Gasteiger partial charge in [0.1, 0.15) is 0 Å². The Labute approximate surface area is 149 Å². The maximum Gasteiger partial charge on any atom is 0.240 e. The van der Waals surface area contributed by atoms with Crippen molar-refractivity contribution in [3.05, 3.63) is 23.8 Å². The van der Waals surface area contributed by atoms with Gasteiger partial charge in [0, 0.05) is 24.2 Å². The number of amides is 1. The molecule has 2 fully saturated rings. The Morgan fingerprint density at radius 3 is 2.64 bits per heavy atom. The molecule has 25 heavy (non-hydrogen) atoms. The van der Waals surface area contributed by atoms with Gasteiger partial charge in [0.05, 0.1) is 4.90 Å². The van der Waals surface area contributed by atoms with E-state index in [9.17, 15) is 13.2 Å². The normalized spacial score (nSPS) is 26.5. The summed E-state index contributed by atoms with van der Waals surface area (Å²) in [6, 6.07) is 5.24. The number of sulfonamides is 1. The number of nitrogens with zero attached hydrogens (tertiary/aromatic N) is 1. The van der Waals surface area contributed by atoms with Crippen molar-refractivity contribution in [2.75, 3.05) is 11.4 Å². The summed E-state index contributed by atoms with van der Waals surface area (Å²) in [6.07, 6.45) is 6.96. The second-order valence-corrected chi connectivity index (χ2v) is 9.51. The number of benzene rings is 1. The molecule has 1 amide bonds. The van der Waals surface area contributed by atoms with E-state index < -0.39 is 10.0 Å². The van der Waals surface area contributed by atoms with Crippen LogP contribution in [0.1, 0.15) is 51.0 Å². The molecule has 1 N–H and O–H groups in total. The van der Waals surface area contributed by atoms with Crippen LogP contribution in [-0.2, 0) is 21.2 Å². The zero-order chi connectivity index (χ0) is 17.6. The summed E-state index contributed by atoms with van der Waals surface area (Å²) >= 11 is 0. The summed E-state index contributed by atoms with van der Waals surface area (Å²) in [5, 5.41) is 0. The highest BCUT2D eigenvalue weighted by Gasteiger charge is 2.37. The second kappa shape index (κ2) is 6.40. The molecule has 0 spiro atoms. The molecule has 1 aliphatic heterocycles. The molecule has 0 unspecified atom stereocenters. The van der Waals surface area contributed by atoms with E-state index in [-0.39, 0.29) is 17.9 Å². The van der Waals surface area contributed by atoms with E-state index in [1.54, 1.807) is 12.1 Å². The number of hydrogen-bond donors (Lipinski definition) is 1. The predicted octanol–water partition coefficient (Wildman–Crippen LogP) is 2.84. The maximum absolute atomic E-state index is 12.8. The zero-order valence-corrected chi connectivity index (χ0v) is 15.5. The van der Waals surface area contributed by atoms with Gasteiger partial charge in [-0.3, -0.25) is 4.79 Å². The van der Waals surface area contributed by atoms with Gasteiger partial charge >= 0.3 is 0 Å². The molecule has 4 rings (SSSR count). The number of nitrogens with one attached hydrogen (secondary N) is 1. The average molecular weight is 362 g/mol. The fraction of sp³-hybridized carbons (Fsp3) is 0.632. The van der Waals surface area contributed by atoms with Crippen LogP contribution < -0.4 is 9.62 Å². The van der Waals surface area contributed by atoms with Crippen LogP contribution in [0.25, 0.3) is 0 Å². The van der Waals surface area contributed by atoms with Gasteiger partial charge in [0.25, 0.3) is 0 Å². The van der Waals surface area contributed by atoms with Crippen LogP contribution in [0.2, 0.25) is 0 Å². The van der Waals surface area contributed by atoms with E-state index >= 15 is 0 Å². The molecule has 3 aliphatic rings. The topological polar surface area (TPSA) is 66.5 Å². The summed E-state index contributed by atoms with van der Waals surface area (Å²) in [5.41, 5.74) is 1.86. The highest BCUT2D eigenvalue weighted by molar-refractivity contribution is 7.89. The Balaban J connectivity index is 1.54. The van der Waals surface area contributed by atoms with Crippen LogP contribution in [-0.4, -0.2) is 26.9 Å². The lowest BCUT2D eigenvalue weighted by Gasteiger charge is -2.29. The molecule has 5 nitrogen and oxygen atoms in total. The second-order valence-electron chi connectivity index (χ2n) is 7.79. The first kappa shape index (κ1) is 17.0. The molecule has 0 bridgehead atoms. The molecule has 1 aromatic carbocycles. The van der Waals surface area contributed by atoms with Gasteiger partial charge in [-0.1, -0.05) is 19.8 Å². The largest absolute Gasteiger partial charge is 0.312 e. The van der Waals surface area contributed by atoms with Crippen molar-refractivity contribution < 1.29 is 13.2 Å². The van der Waals surface area contributed by atoms with Crippen molar-refractivity contribution in [1.82, 2.24) is 4.72 Å². The maximum atomic E-state index is 12.8. The van der Waals surface area contributed by atoms with Gasteiger partial charge < -0.3 is 4.90 Å². The lowest BCUT2D eigenvalue weighted by atomic mass is 9.87. The van der Waals surface area contributed by atoms with Crippen molar-refractivity contribution in [2.24, 2.45) is 11.8 Å². The van der Waals surface area contributed by atoms with Crippen molar-refractivity contribution in [2.45, 2.75) is 62.8 Å². The van der Waals surface area contributed by atoms with E-state index in [0.717, 1.165) is 49.8 Å². The van der Waals surface area contributed by atoms with E-state index in [1.807, 2.05) is 11.0 Å². The third kappa shape index (κ3) is 3.34. The van der Waals surface area contributed by atoms with E-state index in [2.05, 4.69) is 11.6 Å². The molecule has 1 heterocycles. The molecule has 6 heteroatoms. The summed E-state index contributed by atoms with van der Waals surface area (Å²) in [4.78, 5) is 14.5. The standard InChI is InChI=1S/C19H26N2O3S/c1-13-4-2-3-5-17(13)20-25(23,24)16-8-9-18-15(12-16)10-11-21(18)19(22)14-6-7-14/h8-9,12-14,17,20H,2-7,10-11H2,1H3/t13-,17-/m0/s1. The number of carbonyl (C=O) groups is 1. The van der Waals surface area contributed by atoms with Gasteiger partial charge in [-0.2, -0.15) is 0 Å². The molecular weight excluding hydrogens is 336 g/mol. The van der Waals surface area contributed by atoms with Crippen LogP contribution in [0.5, 0.6) is 0 Å². The van der Waals surface area contributed by atoms with Crippen molar-refractivity contribution in [3.63, 3.8) is 0 Å². The van der Waals surface area contributed by atoms with Gasteiger partial charge in [-0.05, 0) is 61.8 Å². The number of rotatable bonds is 4. The van der Waals surface area contributed by atoms with Crippen molar-refractivity contribution >= 4 is 21.6 Å². The fourth-order valence-corrected chi connectivity index (χ4v) is 5.51. The Bertz CT molecular complexity index is 786. The van der Waals surface area contributed by atoms with Crippen LogP contribution in [0, 0.1) is 11.8 Å². The molecule has 2 aliphatic carbocycles. The number of carbonyl (C=O) groups excluding carboxylic acids is 1. The third-order valence-electron chi connectivity index (χ3n) is 5.87. The highest BCUT2D eigenvalue weighted by Crippen LogP contribution is 2.37. The van der Waals surface area contributed by atoms with E-state index in [4.69, 9.17) is 0 Å². The summed E-state index contributed by atoms with van der Waals surface area (Å²) in [6.45, 7) is 2.79. The third-order valence-corrected chi connectivity index (χ3v) is 7.36. The number of fused-ring (bicyclic) bond motifs is 1. The first-order valence-corrected chi connectivity index (χ1v) is 10.9. The fourth-order valence-electron chi connectivity index (χ4n) is 4.08. The quantitative estimate of drug-likeness (QED) is 0.896. The summed E-state index contributed by atoms with van der Waals surface area (Å²) < 4.78 is 28.5. The van der Waals surface area contributed by atoms with Gasteiger partial charge in [-0.15, -0.1) is 0 Å². The molecular formula is C19H26N2O3S. The van der Waals surface area contributed by atoms with E-state index in [1.165, 1.54) is 6.42 Å². The van der Waals surface area contributed by atoms with Gasteiger partial charge in [-0.25, -0.2) is 13.1 Å². The van der Waals surface area contributed by atoms with Gasteiger partial charge in [0.2, 0.25) is 15.9 Å². The minimum Gasteiger partial charge on any atom is -0.312 e. The number of hydrogen-bond acceptors (Lipinski definition) is 3. The summed E-state index contributed by atoms with van der Waals surface area (Å²) in [7, 11) is -3.51. The van der Waals surface area contributed by atoms with Crippen molar-refractivity contribution in [1.29, 1.82) is 0 Å². The smallest absolute Gasteiger partial charge is 0.240 e. The van der Waals surface area contributed by atoms with Crippen LogP contribution in [0.3, 0.4) is 0 Å². The molecule has 0 saturated heterocycles. The highest BCUT2D eigenvalue weighted by atomic mass is 32.2. The van der Waals surface area contributed by atoms with Crippen molar-refractivity contribution in [3.8, 4) is 0 Å². The van der Waals surface area contributed by atoms with Gasteiger partial charge in [0.15, 0.2) is 0 Å². The predicted molar refractivity (Wildman–Crippen MR) is 97.0 cm³/mol. The SMILES string of the molecule is C[C@H]1CCCC[C@@H]1NS(=O)(=O)c1ccc2c(c1)CCN2C(=O)C1CC1. The van der Waals surface area contributed by atoms with Crippen LogP contribution in [0.15, 0.2) is 23.1 Å². The average Bonchev–Trinajstić information content (AvgIpc) is 3.35. The lowest BCUT2D eigenvalue weighted by Crippen LogP contribution is -2.41. The monoisotopic (exact) mass is 362 g/mol. The molecule has 2 atom stereocenters. The Morgan fingerprint density at radius 1 is 1.16 bits per heavy atom. The molecule has 1 aromatic rings. The Kier molecular flexibility index (Phi) is 4.36. The lowest BCUT2D eigenvalue weighted by molar-refractivity contribution is -0.119. The number of anilines is 1. The van der Waals surface area contributed by atoms with Crippen LogP contribution in [0.4, 0.5) is 5.69 Å². The van der Waals surface area contributed by atoms with E-state index in [0.29, 0.717) is 17.4 Å². The summed E-state index contributed by atoms with van der Waals surface area (Å²) in [5.74, 6) is 0.761. The zero-order valence-electron chi connectivity index (χ0n) is 14.7. The molecule has 136 valence electrons. The molecule has 0 radical (unpaired) electrons. The van der Waals surface area contributed by atoms with Crippen LogP contribution >= 0.6 is 0 Å². The molecule has 2 saturated carbocycles. The Hall–Kier alpha value is -1.40. The molecule has 0 aromatic heterocycles.